The molecule has 0 amide bonds. The fourth-order valence-electron chi connectivity index (χ4n) is 2.17. The molecule has 0 aromatic carbocycles. The van der Waals surface area contributed by atoms with Crippen molar-refractivity contribution in [1.29, 1.82) is 0 Å². The number of ether oxygens (including phenoxy) is 3. The summed E-state index contributed by atoms with van der Waals surface area (Å²) in [6, 6.07) is 0. The molecule has 0 saturated carbocycles. The van der Waals surface area contributed by atoms with Gasteiger partial charge in [0.2, 0.25) is 0 Å². The second-order valence-electron chi connectivity index (χ2n) is 6.10. The third-order valence-corrected chi connectivity index (χ3v) is 3.46. The van der Waals surface area contributed by atoms with E-state index in [1.54, 1.807) is 6.92 Å². The Bertz CT molecular complexity index is 592. The van der Waals surface area contributed by atoms with Crippen LogP contribution in [0.4, 0.5) is 0 Å². The van der Waals surface area contributed by atoms with Crippen LogP contribution < -0.4 is 0 Å². The van der Waals surface area contributed by atoms with Crippen LogP contribution in [0.3, 0.4) is 0 Å². The largest absolute Gasteiger partial charge is 0.462 e. The minimum Gasteiger partial charge on any atom is -0.462 e. The zero-order valence-corrected chi connectivity index (χ0v) is 15.0. The topological polar surface area (TPSA) is 116 Å². The molecular formula is C18H24O8. The molecule has 8 nitrogen and oxygen atoms in total. The van der Waals surface area contributed by atoms with Gasteiger partial charge in [-0.25, -0.2) is 9.59 Å². The number of ketones is 1. The highest BCUT2D eigenvalue weighted by atomic mass is 16.6. The van der Waals surface area contributed by atoms with Gasteiger partial charge in [-0.1, -0.05) is 6.08 Å². The highest BCUT2D eigenvalue weighted by Gasteiger charge is 2.22. The maximum Gasteiger partial charge on any atom is 0.330 e. The van der Waals surface area contributed by atoms with Gasteiger partial charge in [-0.05, 0) is 26.8 Å². The van der Waals surface area contributed by atoms with Crippen LogP contribution in [0.2, 0.25) is 0 Å². The molecule has 0 unspecified atom stereocenters. The van der Waals surface area contributed by atoms with Crippen molar-refractivity contribution in [2.24, 2.45) is 0 Å². The molecule has 1 heterocycles. The number of aliphatic hydroxyl groups excluding tert-OH is 1. The maximum absolute atomic E-state index is 11.9. The van der Waals surface area contributed by atoms with Crippen LogP contribution in [-0.4, -0.2) is 53.2 Å². The molecule has 0 spiro atoms. The molecule has 1 rings (SSSR count). The van der Waals surface area contributed by atoms with Crippen molar-refractivity contribution in [1.82, 2.24) is 0 Å². The molecule has 0 fully saturated rings. The van der Waals surface area contributed by atoms with E-state index in [9.17, 15) is 24.3 Å². The zero-order valence-electron chi connectivity index (χ0n) is 15.0. The van der Waals surface area contributed by atoms with Crippen LogP contribution in [0.1, 0.15) is 40.0 Å². The number of carbonyl (C=O) groups is 4. The van der Waals surface area contributed by atoms with Gasteiger partial charge in [0.05, 0.1) is 6.42 Å². The molecular weight excluding hydrogens is 344 g/mol. The van der Waals surface area contributed by atoms with Crippen molar-refractivity contribution >= 4 is 23.7 Å². The van der Waals surface area contributed by atoms with E-state index in [1.807, 2.05) is 0 Å². The first-order valence-corrected chi connectivity index (χ1v) is 8.30. The molecule has 1 aliphatic heterocycles. The first-order chi connectivity index (χ1) is 12.2. The summed E-state index contributed by atoms with van der Waals surface area (Å²) in [5.74, 6) is -2.37. The number of aliphatic hydroxyl groups is 1. The van der Waals surface area contributed by atoms with E-state index in [1.165, 1.54) is 26.0 Å². The van der Waals surface area contributed by atoms with Crippen LogP contribution >= 0.6 is 0 Å². The normalized spacial score (nSPS) is 28.8. The minimum absolute atomic E-state index is 0.125. The number of cyclic esters (lactones) is 3. The Kier molecular flexibility index (Phi) is 8.71. The summed E-state index contributed by atoms with van der Waals surface area (Å²) >= 11 is 0. The summed E-state index contributed by atoms with van der Waals surface area (Å²) in [5.41, 5.74) is 0. The number of hydrogen-bond acceptors (Lipinski definition) is 8. The standard InChI is InChI=1S/C18H24O8/c1-11(19)9-14-10-18(23)24-12(2)5-4-6-16(21)25-13(3)15(20)7-8-17(22)26-14/h4,6-8,12-15,20H,5,9-10H2,1-3H3/t12-,13-,14+,15+/m0/s1. The van der Waals surface area contributed by atoms with Gasteiger partial charge in [0.1, 0.15) is 30.2 Å². The summed E-state index contributed by atoms with van der Waals surface area (Å²) in [7, 11) is 0. The highest BCUT2D eigenvalue weighted by molar-refractivity contribution is 5.84. The molecule has 4 atom stereocenters. The van der Waals surface area contributed by atoms with Crippen molar-refractivity contribution in [3.8, 4) is 0 Å². The zero-order chi connectivity index (χ0) is 19.7. The summed E-state index contributed by atoms with van der Waals surface area (Å²) < 4.78 is 15.3. The fraction of sp³-hybridized carbons (Fsp3) is 0.556. The Hall–Kier alpha value is -2.48. The smallest absolute Gasteiger partial charge is 0.330 e. The predicted octanol–water partition coefficient (Wildman–Crippen LogP) is 1.01. The third kappa shape index (κ3) is 8.57. The van der Waals surface area contributed by atoms with E-state index in [-0.39, 0.29) is 25.0 Å². The third-order valence-electron chi connectivity index (χ3n) is 3.46. The van der Waals surface area contributed by atoms with Gasteiger partial charge in [0, 0.05) is 25.0 Å². The monoisotopic (exact) mass is 368 g/mol. The van der Waals surface area contributed by atoms with Crippen LogP contribution in [0, 0.1) is 0 Å². The van der Waals surface area contributed by atoms with Crippen molar-refractivity contribution in [3.05, 3.63) is 24.3 Å². The van der Waals surface area contributed by atoms with E-state index in [2.05, 4.69) is 0 Å². The van der Waals surface area contributed by atoms with E-state index < -0.39 is 42.3 Å². The van der Waals surface area contributed by atoms with Crippen LogP contribution in [-0.2, 0) is 33.4 Å². The molecule has 0 saturated heterocycles. The van der Waals surface area contributed by atoms with Gasteiger partial charge in [-0.3, -0.25) is 9.59 Å². The van der Waals surface area contributed by atoms with E-state index in [0.717, 1.165) is 12.2 Å². The molecule has 0 bridgehead atoms. The van der Waals surface area contributed by atoms with Crippen LogP contribution in [0.5, 0.6) is 0 Å². The summed E-state index contributed by atoms with van der Waals surface area (Å²) in [6.45, 7) is 4.43. The Morgan fingerprint density at radius 2 is 1.77 bits per heavy atom. The molecule has 8 heteroatoms. The summed E-state index contributed by atoms with van der Waals surface area (Å²) in [6.07, 6.45) is 1.04. The Labute approximate surface area is 151 Å². The van der Waals surface area contributed by atoms with Crippen LogP contribution in [0.25, 0.3) is 0 Å². The van der Waals surface area contributed by atoms with Gasteiger partial charge in [0.25, 0.3) is 0 Å². The lowest BCUT2D eigenvalue weighted by molar-refractivity contribution is -0.155. The van der Waals surface area contributed by atoms with Crippen molar-refractivity contribution < 1.29 is 38.5 Å². The van der Waals surface area contributed by atoms with E-state index in [4.69, 9.17) is 14.2 Å². The Morgan fingerprint density at radius 3 is 2.42 bits per heavy atom. The van der Waals surface area contributed by atoms with Crippen LogP contribution in [0.15, 0.2) is 24.3 Å². The van der Waals surface area contributed by atoms with Crippen molar-refractivity contribution in [2.75, 3.05) is 0 Å². The van der Waals surface area contributed by atoms with Crippen molar-refractivity contribution in [3.63, 3.8) is 0 Å². The predicted molar refractivity (Wildman–Crippen MR) is 89.8 cm³/mol. The number of esters is 3. The number of Topliss-reactive ketones (excluding diaryl/α,β-unsaturated/α-hetero) is 1. The highest BCUT2D eigenvalue weighted by Crippen LogP contribution is 2.11. The van der Waals surface area contributed by atoms with E-state index >= 15 is 0 Å². The fourth-order valence-corrected chi connectivity index (χ4v) is 2.17. The molecule has 144 valence electrons. The Balaban J connectivity index is 2.94. The summed E-state index contributed by atoms with van der Waals surface area (Å²) in [5, 5.41) is 9.89. The number of rotatable bonds is 2. The summed E-state index contributed by atoms with van der Waals surface area (Å²) in [4.78, 5) is 46.8. The molecule has 0 aromatic heterocycles. The Morgan fingerprint density at radius 1 is 1.12 bits per heavy atom. The maximum atomic E-state index is 11.9. The first-order valence-electron chi connectivity index (χ1n) is 8.30. The molecule has 1 N–H and O–H groups in total. The first kappa shape index (κ1) is 21.6. The molecule has 0 aromatic rings. The molecule has 0 aliphatic carbocycles. The quantitative estimate of drug-likeness (QED) is 0.567. The second-order valence-corrected chi connectivity index (χ2v) is 6.10. The van der Waals surface area contributed by atoms with Gasteiger partial charge in [-0.2, -0.15) is 0 Å². The van der Waals surface area contributed by atoms with Gasteiger partial charge in [0.15, 0.2) is 0 Å². The van der Waals surface area contributed by atoms with E-state index in [0.29, 0.717) is 0 Å². The lowest BCUT2D eigenvalue weighted by Crippen LogP contribution is -2.28. The average Bonchev–Trinajstić information content (AvgIpc) is 2.50. The second kappa shape index (κ2) is 10.5. The SMILES string of the molecule is CC(=O)C[C@@H]1CC(=O)O[C@@H](C)CC=CC(=O)O[C@@H](C)[C@H](O)C=CC(=O)O1. The van der Waals surface area contributed by atoms with Gasteiger partial charge < -0.3 is 19.3 Å². The molecule has 26 heavy (non-hydrogen) atoms. The van der Waals surface area contributed by atoms with Gasteiger partial charge >= 0.3 is 17.9 Å². The lowest BCUT2D eigenvalue weighted by atomic mass is 10.1. The number of hydrogen-bond donors (Lipinski definition) is 1. The molecule has 0 radical (unpaired) electrons. The van der Waals surface area contributed by atoms with Crippen molar-refractivity contribution in [2.45, 2.75) is 64.4 Å². The average molecular weight is 368 g/mol. The minimum atomic E-state index is -1.22. The van der Waals surface area contributed by atoms with Gasteiger partial charge in [-0.15, -0.1) is 0 Å². The molecule has 1 aliphatic rings. The lowest BCUT2D eigenvalue weighted by Gasteiger charge is -2.18. The number of carbonyl (C=O) groups excluding carboxylic acids is 4.